The summed E-state index contributed by atoms with van der Waals surface area (Å²) < 4.78 is 18.5. The molecule has 2 aromatic rings. The van der Waals surface area contributed by atoms with Gasteiger partial charge in [-0.1, -0.05) is 12.1 Å². The highest BCUT2D eigenvalue weighted by atomic mass is 19.1. The molecule has 0 aliphatic heterocycles. The van der Waals surface area contributed by atoms with Crippen LogP contribution in [0.2, 0.25) is 0 Å². The Kier molecular flexibility index (Phi) is 3.15. The predicted molar refractivity (Wildman–Crippen MR) is 59.7 cm³/mol. The van der Waals surface area contributed by atoms with Crippen LogP contribution in [0.25, 0.3) is 0 Å². The molecule has 3 heteroatoms. The van der Waals surface area contributed by atoms with Crippen molar-refractivity contribution in [2.45, 2.75) is 13.5 Å². The van der Waals surface area contributed by atoms with E-state index in [0.717, 1.165) is 11.3 Å². The van der Waals surface area contributed by atoms with Crippen molar-refractivity contribution in [2.24, 2.45) is 0 Å². The average Bonchev–Trinajstić information content (AvgIpc) is 2.32. The Labute approximate surface area is 93.7 Å². The molecule has 0 radical (unpaired) electrons. The van der Waals surface area contributed by atoms with Gasteiger partial charge in [-0.15, -0.1) is 0 Å². The third kappa shape index (κ3) is 2.57. The van der Waals surface area contributed by atoms with E-state index in [2.05, 4.69) is 4.98 Å². The van der Waals surface area contributed by atoms with Gasteiger partial charge < -0.3 is 4.74 Å². The molecule has 0 atom stereocenters. The van der Waals surface area contributed by atoms with Crippen molar-refractivity contribution in [2.75, 3.05) is 0 Å². The molecule has 0 saturated heterocycles. The molecule has 0 aliphatic rings. The quantitative estimate of drug-likeness (QED) is 0.788. The van der Waals surface area contributed by atoms with Gasteiger partial charge in [0.25, 0.3) is 0 Å². The molecular weight excluding hydrogens is 205 g/mol. The first-order chi connectivity index (χ1) is 7.75. The topological polar surface area (TPSA) is 22.1 Å². The number of nitrogens with zero attached hydrogens (tertiary/aromatic N) is 1. The highest BCUT2D eigenvalue weighted by Gasteiger charge is 2.02. The first-order valence-electron chi connectivity index (χ1n) is 5.04. The second kappa shape index (κ2) is 4.75. The standard InChI is InChI=1S/C13H12FNO/c1-10-5-6-11(14)8-13(10)16-9-12-4-2-3-7-15-12/h2-8H,9H2,1H3. The average molecular weight is 217 g/mol. The van der Waals surface area contributed by atoms with Crippen LogP contribution >= 0.6 is 0 Å². The fraction of sp³-hybridized carbons (Fsp3) is 0.154. The maximum Gasteiger partial charge on any atom is 0.130 e. The minimum Gasteiger partial charge on any atom is -0.487 e. The third-order valence-electron chi connectivity index (χ3n) is 2.25. The summed E-state index contributed by atoms with van der Waals surface area (Å²) in [7, 11) is 0. The Morgan fingerprint density at radius 1 is 1.25 bits per heavy atom. The number of aromatic nitrogens is 1. The highest BCUT2D eigenvalue weighted by molar-refractivity contribution is 5.32. The molecule has 0 aliphatic carbocycles. The lowest BCUT2D eigenvalue weighted by Crippen LogP contribution is -1.99. The predicted octanol–water partition coefficient (Wildman–Crippen LogP) is 3.11. The fourth-order valence-corrected chi connectivity index (χ4v) is 1.36. The third-order valence-corrected chi connectivity index (χ3v) is 2.25. The molecule has 0 saturated carbocycles. The van der Waals surface area contributed by atoms with E-state index < -0.39 is 0 Å². The van der Waals surface area contributed by atoms with Crippen molar-refractivity contribution < 1.29 is 9.13 Å². The van der Waals surface area contributed by atoms with E-state index in [1.54, 1.807) is 12.3 Å². The van der Waals surface area contributed by atoms with Crippen molar-refractivity contribution in [3.8, 4) is 5.75 Å². The summed E-state index contributed by atoms with van der Waals surface area (Å²) in [5.41, 5.74) is 1.74. The summed E-state index contributed by atoms with van der Waals surface area (Å²) in [4.78, 5) is 4.13. The molecule has 0 amide bonds. The van der Waals surface area contributed by atoms with Gasteiger partial charge in [0, 0.05) is 12.3 Å². The van der Waals surface area contributed by atoms with Gasteiger partial charge in [-0.2, -0.15) is 0 Å². The number of halogens is 1. The SMILES string of the molecule is Cc1ccc(F)cc1OCc1ccccn1. The van der Waals surface area contributed by atoms with E-state index >= 15 is 0 Å². The zero-order valence-corrected chi connectivity index (χ0v) is 8.98. The summed E-state index contributed by atoms with van der Waals surface area (Å²) in [5.74, 6) is 0.271. The molecule has 0 fully saturated rings. The van der Waals surface area contributed by atoms with Crippen LogP contribution in [-0.4, -0.2) is 4.98 Å². The lowest BCUT2D eigenvalue weighted by Gasteiger charge is -2.08. The van der Waals surface area contributed by atoms with Crippen molar-refractivity contribution in [3.05, 3.63) is 59.7 Å². The Hall–Kier alpha value is -1.90. The van der Waals surface area contributed by atoms with Gasteiger partial charge in [-0.25, -0.2) is 4.39 Å². The second-order valence-electron chi connectivity index (χ2n) is 3.52. The van der Waals surface area contributed by atoms with E-state index in [0.29, 0.717) is 12.4 Å². The summed E-state index contributed by atoms with van der Waals surface area (Å²) in [6.07, 6.45) is 1.71. The lowest BCUT2D eigenvalue weighted by molar-refractivity contribution is 0.297. The molecule has 2 nitrogen and oxygen atoms in total. The fourth-order valence-electron chi connectivity index (χ4n) is 1.36. The molecule has 0 N–H and O–H groups in total. The Balaban J connectivity index is 2.08. The van der Waals surface area contributed by atoms with Crippen molar-refractivity contribution >= 4 is 0 Å². The van der Waals surface area contributed by atoms with Crippen molar-refractivity contribution in [1.82, 2.24) is 4.98 Å². The first kappa shape index (κ1) is 10.6. The molecule has 16 heavy (non-hydrogen) atoms. The number of ether oxygens (including phenoxy) is 1. The molecular formula is C13H12FNO. The van der Waals surface area contributed by atoms with Crippen LogP contribution in [0.3, 0.4) is 0 Å². The van der Waals surface area contributed by atoms with Crippen LogP contribution in [0.5, 0.6) is 5.75 Å². The molecule has 1 heterocycles. The molecule has 0 spiro atoms. The summed E-state index contributed by atoms with van der Waals surface area (Å²) in [6, 6.07) is 10.1. The van der Waals surface area contributed by atoms with Crippen molar-refractivity contribution in [1.29, 1.82) is 0 Å². The van der Waals surface area contributed by atoms with Gasteiger partial charge in [-0.3, -0.25) is 4.98 Å². The van der Waals surface area contributed by atoms with Crippen molar-refractivity contribution in [3.63, 3.8) is 0 Å². The first-order valence-corrected chi connectivity index (χ1v) is 5.04. The summed E-state index contributed by atoms with van der Waals surface area (Å²) in [5, 5.41) is 0. The highest BCUT2D eigenvalue weighted by Crippen LogP contribution is 2.19. The number of aryl methyl sites for hydroxylation is 1. The maximum atomic E-state index is 13.0. The smallest absolute Gasteiger partial charge is 0.130 e. The van der Waals surface area contributed by atoms with E-state index in [1.807, 2.05) is 25.1 Å². The largest absolute Gasteiger partial charge is 0.487 e. The van der Waals surface area contributed by atoms with Gasteiger partial charge in [0.15, 0.2) is 0 Å². The molecule has 2 rings (SSSR count). The molecule has 0 bridgehead atoms. The number of hydrogen-bond acceptors (Lipinski definition) is 2. The molecule has 1 aromatic carbocycles. The van der Waals surface area contributed by atoms with Crippen LogP contribution in [0.15, 0.2) is 42.6 Å². The van der Waals surface area contributed by atoms with Crippen LogP contribution in [-0.2, 0) is 6.61 Å². The normalized spacial score (nSPS) is 10.1. The Morgan fingerprint density at radius 3 is 2.88 bits per heavy atom. The van der Waals surface area contributed by atoms with Gasteiger partial charge >= 0.3 is 0 Å². The Morgan fingerprint density at radius 2 is 2.12 bits per heavy atom. The minimum atomic E-state index is -0.290. The maximum absolute atomic E-state index is 13.0. The van der Waals surface area contributed by atoms with Gasteiger partial charge in [0.2, 0.25) is 0 Å². The molecule has 82 valence electrons. The minimum absolute atomic E-state index is 0.290. The number of rotatable bonds is 3. The summed E-state index contributed by atoms with van der Waals surface area (Å²) >= 11 is 0. The molecule has 0 unspecified atom stereocenters. The zero-order valence-electron chi connectivity index (χ0n) is 8.98. The molecule has 1 aromatic heterocycles. The zero-order chi connectivity index (χ0) is 11.4. The summed E-state index contributed by atoms with van der Waals surface area (Å²) in [6.45, 7) is 2.23. The van der Waals surface area contributed by atoms with Crippen LogP contribution in [0.1, 0.15) is 11.3 Å². The van der Waals surface area contributed by atoms with E-state index in [4.69, 9.17) is 4.74 Å². The van der Waals surface area contributed by atoms with Crippen LogP contribution in [0, 0.1) is 12.7 Å². The van der Waals surface area contributed by atoms with Crippen LogP contribution in [0.4, 0.5) is 4.39 Å². The second-order valence-corrected chi connectivity index (χ2v) is 3.52. The number of benzene rings is 1. The van der Waals surface area contributed by atoms with Gasteiger partial charge in [-0.05, 0) is 30.7 Å². The Bertz CT molecular complexity index is 471. The van der Waals surface area contributed by atoms with E-state index in [1.165, 1.54) is 12.1 Å². The van der Waals surface area contributed by atoms with E-state index in [-0.39, 0.29) is 5.82 Å². The van der Waals surface area contributed by atoms with Gasteiger partial charge in [0.05, 0.1) is 5.69 Å². The number of pyridine rings is 1. The monoisotopic (exact) mass is 217 g/mol. The lowest BCUT2D eigenvalue weighted by atomic mass is 10.2. The van der Waals surface area contributed by atoms with E-state index in [9.17, 15) is 4.39 Å². The van der Waals surface area contributed by atoms with Gasteiger partial charge in [0.1, 0.15) is 18.2 Å². The number of hydrogen-bond donors (Lipinski definition) is 0. The van der Waals surface area contributed by atoms with Crippen LogP contribution < -0.4 is 4.74 Å².